The average molecular weight is 431 g/mol. The molecule has 0 aliphatic rings. The van der Waals surface area contributed by atoms with E-state index in [1.54, 1.807) is 18.2 Å². The first-order valence-corrected chi connectivity index (χ1v) is 9.74. The SMILES string of the molecule is CC(C)c1nc(N(C)C=O)nc(-c2ccc(F)cc2)c1/C=C/[C@@H](O)C[C@@H](O)CC(=O)O. The number of aliphatic hydroxyl groups excluding tert-OH is 2. The van der Waals surface area contributed by atoms with Crippen molar-refractivity contribution in [3.05, 3.63) is 47.4 Å². The summed E-state index contributed by atoms with van der Waals surface area (Å²) in [5.41, 5.74) is 2.20. The third kappa shape index (κ3) is 6.66. The summed E-state index contributed by atoms with van der Waals surface area (Å²) in [5, 5.41) is 28.7. The predicted octanol–water partition coefficient (Wildman–Crippen LogP) is 2.60. The summed E-state index contributed by atoms with van der Waals surface area (Å²) in [6.07, 6.45) is 0.669. The Balaban J connectivity index is 2.53. The van der Waals surface area contributed by atoms with Crippen LogP contribution in [0.5, 0.6) is 0 Å². The summed E-state index contributed by atoms with van der Waals surface area (Å²) in [5.74, 6) is -1.47. The Labute approximate surface area is 179 Å². The van der Waals surface area contributed by atoms with Crippen LogP contribution in [0.1, 0.15) is 43.9 Å². The lowest BCUT2D eigenvalue weighted by molar-refractivity contribution is -0.139. The average Bonchev–Trinajstić information content (AvgIpc) is 2.70. The van der Waals surface area contributed by atoms with Crippen LogP contribution in [0.15, 0.2) is 30.3 Å². The van der Waals surface area contributed by atoms with Gasteiger partial charge >= 0.3 is 5.97 Å². The largest absolute Gasteiger partial charge is 0.481 e. The highest BCUT2D eigenvalue weighted by Crippen LogP contribution is 2.31. The molecule has 31 heavy (non-hydrogen) atoms. The van der Waals surface area contributed by atoms with E-state index in [1.807, 2.05) is 13.8 Å². The molecule has 2 rings (SSSR count). The Kier molecular flexibility index (Phi) is 8.35. The smallest absolute Gasteiger partial charge is 0.305 e. The highest BCUT2D eigenvalue weighted by atomic mass is 19.1. The minimum atomic E-state index is -1.20. The second-order valence-corrected chi connectivity index (χ2v) is 7.46. The zero-order chi connectivity index (χ0) is 23.1. The molecule has 0 spiro atoms. The Hall–Kier alpha value is -3.17. The second kappa shape index (κ2) is 10.7. The van der Waals surface area contributed by atoms with Gasteiger partial charge < -0.3 is 15.3 Å². The van der Waals surface area contributed by atoms with E-state index >= 15 is 0 Å². The Bertz CT molecular complexity index is 947. The maximum atomic E-state index is 13.4. The van der Waals surface area contributed by atoms with Crippen LogP contribution in [0, 0.1) is 5.82 Å². The predicted molar refractivity (Wildman–Crippen MR) is 114 cm³/mol. The third-order valence-electron chi connectivity index (χ3n) is 4.51. The molecule has 0 aliphatic heterocycles. The van der Waals surface area contributed by atoms with Crippen LogP contribution >= 0.6 is 0 Å². The van der Waals surface area contributed by atoms with Crippen LogP contribution in [0.3, 0.4) is 0 Å². The number of carbonyl (C=O) groups excluding carboxylic acids is 1. The van der Waals surface area contributed by atoms with Crippen molar-refractivity contribution in [1.82, 2.24) is 9.97 Å². The number of hydrogen-bond donors (Lipinski definition) is 3. The van der Waals surface area contributed by atoms with Crippen molar-refractivity contribution in [2.24, 2.45) is 0 Å². The molecular weight excluding hydrogens is 405 g/mol. The summed E-state index contributed by atoms with van der Waals surface area (Å²) in [7, 11) is 1.52. The van der Waals surface area contributed by atoms with E-state index in [-0.39, 0.29) is 18.3 Å². The van der Waals surface area contributed by atoms with E-state index < -0.39 is 30.4 Å². The van der Waals surface area contributed by atoms with Crippen molar-refractivity contribution in [1.29, 1.82) is 0 Å². The number of hydrogen-bond acceptors (Lipinski definition) is 6. The molecule has 1 heterocycles. The summed E-state index contributed by atoms with van der Waals surface area (Å²) < 4.78 is 13.4. The van der Waals surface area contributed by atoms with Gasteiger partial charge in [-0.1, -0.05) is 26.0 Å². The van der Waals surface area contributed by atoms with Gasteiger partial charge in [0.25, 0.3) is 0 Å². The first kappa shape index (κ1) is 24.1. The third-order valence-corrected chi connectivity index (χ3v) is 4.51. The van der Waals surface area contributed by atoms with E-state index in [4.69, 9.17) is 5.11 Å². The Morgan fingerprint density at radius 1 is 1.19 bits per heavy atom. The van der Waals surface area contributed by atoms with E-state index in [0.717, 1.165) is 0 Å². The quantitative estimate of drug-likeness (QED) is 0.494. The highest BCUT2D eigenvalue weighted by molar-refractivity contribution is 5.77. The second-order valence-electron chi connectivity index (χ2n) is 7.46. The number of anilines is 1. The number of benzene rings is 1. The van der Waals surface area contributed by atoms with Gasteiger partial charge in [-0.3, -0.25) is 14.5 Å². The Morgan fingerprint density at radius 2 is 1.84 bits per heavy atom. The molecule has 0 unspecified atom stereocenters. The van der Waals surface area contributed by atoms with Crippen molar-refractivity contribution < 1.29 is 29.3 Å². The lowest BCUT2D eigenvalue weighted by Gasteiger charge is -2.18. The zero-order valence-electron chi connectivity index (χ0n) is 17.6. The van der Waals surface area contributed by atoms with Crippen LogP contribution in [0.4, 0.5) is 10.3 Å². The standard InChI is InChI=1S/C22H26FN3O5/c1-13(2)20-18(9-8-16(28)10-17(29)11-19(30)31)21(14-4-6-15(23)7-5-14)25-22(24-20)26(3)12-27/h4-9,12-13,16-17,28-29H,10-11H2,1-3H3,(H,30,31)/b9-8+/t16-,17-/m1/s1. The van der Waals surface area contributed by atoms with Crippen molar-refractivity contribution in [2.75, 3.05) is 11.9 Å². The topological polar surface area (TPSA) is 124 Å². The summed E-state index contributed by atoms with van der Waals surface area (Å²) in [6.45, 7) is 3.82. The fourth-order valence-corrected chi connectivity index (χ4v) is 2.96. The minimum absolute atomic E-state index is 0.0737. The number of nitrogens with zero attached hydrogens (tertiary/aromatic N) is 3. The molecule has 9 heteroatoms. The van der Waals surface area contributed by atoms with Gasteiger partial charge in [0.05, 0.1) is 30.0 Å². The van der Waals surface area contributed by atoms with Crippen LogP contribution in [-0.2, 0) is 9.59 Å². The first-order chi connectivity index (χ1) is 14.6. The number of rotatable bonds is 10. The van der Waals surface area contributed by atoms with Gasteiger partial charge in [0.1, 0.15) is 5.82 Å². The summed E-state index contributed by atoms with van der Waals surface area (Å²) >= 11 is 0. The fourth-order valence-electron chi connectivity index (χ4n) is 2.96. The van der Waals surface area contributed by atoms with Gasteiger partial charge in [-0.15, -0.1) is 0 Å². The van der Waals surface area contributed by atoms with Crippen molar-refractivity contribution in [2.45, 2.75) is 44.8 Å². The number of carboxylic acids is 1. The maximum absolute atomic E-state index is 13.4. The molecule has 0 fully saturated rings. The van der Waals surface area contributed by atoms with Crippen LogP contribution in [-0.4, -0.2) is 56.9 Å². The number of aromatic nitrogens is 2. The van der Waals surface area contributed by atoms with Gasteiger partial charge in [0.2, 0.25) is 12.4 Å². The van der Waals surface area contributed by atoms with Gasteiger partial charge in [-0.25, -0.2) is 14.4 Å². The molecule has 1 aromatic heterocycles. The fraction of sp³-hybridized carbons (Fsp3) is 0.364. The monoisotopic (exact) mass is 431 g/mol. The lowest BCUT2D eigenvalue weighted by Crippen LogP contribution is -2.20. The van der Waals surface area contributed by atoms with Crippen LogP contribution in [0.2, 0.25) is 0 Å². The molecule has 0 saturated heterocycles. The van der Waals surface area contributed by atoms with Crippen molar-refractivity contribution in [3.63, 3.8) is 0 Å². The van der Waals surface area contributed by atoms with E-state index in [1.165, 1.54) is 30.2 Å². The number of halogens is 1. The molecule has 3 N–H and O–H groups in total. The number of carboxylic acid groups (broad SMARTS) is 1. The van der Waals surface area contributed by atoms with Crippen molar-refractivity contribution in [3.8, 4) is 11.3 Å². The zero-order valence-corrected chi connectivity index (χ0v) is 17.6. The molecule has 8 nitrogen and oxygen atoms in total. The molecule has 1 aromatic carbocycles. The molecule has 0 bridgehead atoms. The van der Waals surface area contributed by atoms with Gasteiger partial charge in [-0.05, 0) is 30.2 Å². The normalized spacial score (nSPS) is 13.4. The van der Waals surface area contributed by atoms with Gasteiger partial charge in [0, 0.05) is 24.6 Å². The number of amides is 1. The lowest BCUT2D eigenvalue weighted by atomic mass is 9.97. The van der Waals surface area contributed by atoms with Crippen LogP contribution in [0.25, 0.3) is 17.3 Å². The molecule has 0 saturated carbocycles. The molecule has 0 radical (unpaired) electrons. The molecule has 166 valence electrons. The highest BCUT2D eigenvalue weighted by Gasteiger charge is 2.19. The van der Waals surface area contributed by atoms with Gasteiger partial charge in [-0.2, -0.15) is 0 Å². The first-order valence-electron chi connectivity index (χ1n) is 9.74. The summed E-state index contributed by atoms with van der Waals surface area (Å²) in [4.78, 5) is 32.1. The van der Waals surface area contributed by atoms with Gasteiger partial charge in [0.15, 0.2) is 0 Å². The molecular formula is C22H26FN3O5. The number of aliphatic hydroxyl groups is 2. The van der Waals surface area contributed by atoms with E-state index in [9.17, 15) is 24.2 Å². The molecule has 1 amide bonds. The summed E-state index contributed by atoms with van der Waals surface area (Å²) in [6, 6.07) is 5.69. The van der Waals surface area contributed by atoms with E-state index in [0.29, 0.717) is 28.9 Å². The number of aliphatic carboxylic acids is 1. The number of carbonyl (C=O) groups is 2. The minimum Gasteiger partial charge on any atom is -0.481 e. The van der Waals surface area contributed by atoms with Crippen LogP contribution < -0.4 is 4.90 Å². The molecule has 0 aliphatic carbocycles. The molecule has 2 atom stereocenters. The van der Waals surface area contributed by atoms with E-state index in [2.05, 4.69) is 9.97 Å². The molecule has 2 aromatic rings. The van der Waals surface area contributed by atoms with Crippen molar-refractivity contribution >= 4 is 24.4 Å². The maximum Gasteiger partial charge on any atom is 0.305 e. The Morgan fingerprint density at radius 3 is 2.39 bits per heavy atom.